The molecule has 0 aliphatic rings. The van der Waals surface area contributed by atoms with Crippen LogP contribution in [0, 0.1) is 5.92 Å². The topological polar surface area (TPSA) is 12.0 Å². The van der Waals surface area contributed by atoms with Crippen LogP contribution in [-0.4, -0.2) is 12.6 Å². The summed E-state index contributed by atoms with van der Waals surface area (Å²) in [5, 5.41) is 7.39. The fourth-order valence-corrected chi connectivity index (χ4v) is 3.67. The van der Waals surface area contributed by atoms with E-state index in [4.69, 9.17) is 0 Å². The van der Waals surface area contributed by atoms with E-state index in [1.807, 2.05) is 11.3 Å². The maximum absolute atomic E-state index is 3.60. The van der Waals surface area contributed by atoms with Crippen LogP contribution >= 0.6 is 11.3 Å². The van der Waals surface area contributed by atoms with Gasteiger partial charge in [-0.25, -0.2) is 0 Å². The summed E-state index contributed by atoms with van der Waals surface area (Å²) in [5.74, 6) is 0.721. The molecular formula is C17H25NS. The van der Waals surface area contributed by atoms with Crippen molar-refractivity contribution < 1.29 is 0 Å². The van der Waals surface area contributed by atoms with E-state index in [1.54, 1.807) is 0 Å². The van der Waals surface area contributed by atoms with Crippen molar-refractivity contribution in [2.45, 2.75) is 46.1 Å². The molecule has 2 heteroatoms. The molecule has 1 atom stereocenters. The molecule has 1 aromatic heterocycles. The van der Waals surface area contributed by atoms with Gasteiger partial charge in [0.1, 0.15) is 0 Å². The van der Waals surface area contributed by atoms with Crippen LogP contribution in [0.15, 0.2) is 29.6 Å². The van der Waals surface area contributed by atoms with E-state index in [0.29, 0.717) is 6.04 Å². The lowest BCUT2D eigenvalue weighted by Gasteiger charge is -2.21. The molecule has 1 heterocycles. The molecule has 0 radical (unpaired) electrons. The number of nitrogens with one attached hydrogen (secondary N) is 1. The first kappa shape index (κ1) is 14.5. The number of benzene rings is 1. The van der Waals surface area contributed by atoms with Crippen molar-refractivity contribution in [3.05, 3.63) is 35.2 Å². The third-order valence-corrected chi connectivity index (χ3v) is 4.81. The van der Waals surface area contributed by atoms with Gasteiger partial charge >= 0.3 is 0 Å². The van der Waals surface area contributed by atoms with Crippen LogP contribution in [0.1, 0.15) is 39.2 Å². The Bertz CT molecular complexity index is 501. The van der Waals surface area contributed by atoms with E-state index >= 15 is 0 Å². The third-order valence-electron chi connectivity index (χ3n) is 3.79. The average molecular weight is 275 g/mol. The van der Waals surface area contributed by atoms with E-state index < -0.39 is 0 Å². The van der Waals surface area contributed by atoms with Gasteiger partial charge in [0.05, 0.1) is 0 Å². The molecule has 0 saturated carbocycles. The van der Waals surface area contributed by atoms with Crippen molar-refractivity contribution in [3.63, 3.8) is 0 Å². The van der Waals surface area contributed by atoms with E-state index in [9.17, 15) is 0 Å². The summed E-state index contributed by atoms with van der Waals surface area (Å²) in [6, 6.07) is 9.41. The minimum atomic E-state index is 0.662. The fourth-order valence-electron chi connectivity index (χ4n) is 2.67. The first-order chi connectivity index (χ1) is 9.22. The molecule has 0 aliphatic heterocycles. The van der Waals surface area contributed by atoms with Gasteiger partial charge in [-0.2, -0.15) is 0 Å². The number of rotatable bonds is 7. The lowest BCUT2D eigenvalue weighted by atomic mass is 9.96. The summed E-state index contributed by atoms with van der Waals surface area (Å²) in [6.45, 7) is 7.90. The van der Waals surface area contributed by atoms with Crippen molar-refractivity contribution in [2.75, 3.05) is 6.54 Å². The predicted octanol–water partition coefficient (Wildman–Crippen LogP) is 4.86. The molecular weight excluding hydrogens is 250 g/mol. The maximum atomic E-state index is 3.60. The Morgan fingerprint density at radius 2 is 2.00 bits per heavy atom. The zero-order valence-electron chi connectivity index (χ0n) is 12.3. The highest BCUT2D eigenvalue weighted by Crippen LogP contribution is 2.27. The second-order valence-electron chi connectivity index (χ2n) is 5.56. The molecule has 0 aliphatic carbocycles. The van der Waals surface area contributed by atoms with Crippen molar-refractivity contribution >= 4 is 21.4 Å². The van der Waals surface area contributed by atoms with Gasteiger partial charge < -0.3 is 5.32 Å². The molecule has 0 saturated heterocycles. The van der Waals surface area contributed by atoms with Crippen LogP contribution in [0.25, 0.3) is 10.1 Å². The van der Waals surface area contributed by atoms with Crippen LogP contribution in [0.4, 0.5) is 0 Å². The molecule has 19 heavy (non-hydrogen) atoms. The van der Waals surface area contributed by atoms with Gasteiger partial charge in [-0.05, 0) is 54.1 Å². The van der Waals surface area contributed by atoms with Gasteiger partial charge in [0.15, 0.2) is 0 Å². The molecule has 0 amide bonds. The summed E-state index contributed by atoms with van der Waals surface area (Å²) in [7, 11) is 0. The largest absolute Gasteiger partial charge is 0.314 e. The number of aryl methyl sites for hydroxylation is 1. The number of thiophene rings is 1. The van der Waals surface area contributed by atoms with E-state index in [-0.39, 0.29) is 0 Å². The first-order valence-corrected chi connectivity index (χ1v) is 8.28. The predicted molar refractivity (Wildman–Crippen MR) is 87.1 cm³/mol. The van der Waals surface area contributed by atoms with Gasteiger partial charge in [-0.15, -0.1) is 11.3 Å². The van der Waals surface area contributed by atoms with Crippen molar-refractivity contribution in [3.8, 4) is 0 Å². The number of hydrogen-bond donors (Lipinski definition) is 1. The summed E-state index contributed by atoms with van der Waals surface area (Å²) < 4.78 is 1.42. The molecule has 1 aromatic carbocycles. The average Bonchev–Trinajstić information content (AvgIpc) is 2.81. The maximum Gasteiger partial charge on any atom is 0.0345 e. The molecule has 0 spiro atoms. The Morgan fingerprint density at radius 3 is 2.74 bits per heavy atom. The molecule has 2 rings (SSSR count). The van der Waals surface area contributed by atoms with Crippen molar-refractivity contribution in [2.24, 2.45) is 5.92 Å². The highest BCUT2D eigenvalue weighted by molar-refractivity contribution is 7.17. The minimum Gasteiger partial charge on any atom is -0.314 e. The van der Waals surface area contributed by atoms with Crippen molar-refractivity contribution in [1.29, 1.82) is 0 Å². The molecule has 2 aromatic rings. The summed E-state index contributed by atoms with van der Waals surface area (Å²) in [6.07, 6.45) is 3.75. The van der Waals surface area contributed by atoms with Gasteiger partial charge in [0.25, 0.3) is 0 Å². The summed E-state index contributed by atoms with van der Waals surface area (Å²) in [5.41, 5.74) is 1.53. The monoisotopic (exact) mass is 275 g/mol. The minimum absolute atomic E-state index is 0.662. The van der Waals surface area contributed by atoms with Crippen molar-refractivity contribution in [1.82, 2.24) is 5.32 Å². The van der Waals surface area contributed by atoms with Gasteiger partial charge in [0, 0.05) is 10.7 Å². The Hall–Kier alpha value is -0.860. The van der Waals surface area contributed by atoms with E-state index in [0.717, 1.165) is 12.5 Å². The third kappa shape index (κ3) is 3.80. The van der Waals surface area contributed by atoms with Gasteiger partial charge in [0.2, 0.25) is 0 Å². The van der Waals surface area contributed by atoms with E-state index in [1.165, 1.54) is 34.9 Å². The standard InChI is InChI=1S/C17H25NS/c1-4-18-16(13(2)3)10-7-8-14-12-19-17-11-6-5-9-15(14)17/h5-6,9,11-13,16,18H,4,7-8,10H2,1-3H3. The van der Waals surface area contributed by atoms with Crippen LogP contribution in [0.5, 0.6) is 0 Å². The highest BCUT2D eigenvalue weighted by atomic mass is 32.1. The molecule has 1 nitrogen and oxygen atoms in total. The Balaban J connectivity index is 1.91. The zero-order valence-corrected chi connectivity index (χ0v) is 13.1. The molecule has 0 fully saturated rings. The summed E-state index contributed by atoms with van der Waals surface area (Å²) in [4.78, 5) is 0. The molecule has 104 valence electrons. The number of fused-ring (bicyclic) bond motifs is 1. The highest BCUT2D eigenvalue weighted by Gasteiger charge is 2.12. The van der Waals surface area contributed by atoms with Crippen LogP contribution in [-0.2, 0) is 6.42 Å². The molecule has 1 unspecified atom stereocenters. The Kier molecular flexibility index (Phi) is 5.41. The molecule has 0 bridgehead atoms. The normalized spacial score (nSPS) is 13.3. The SMILES string of the molecule is CCNC(CCCc1csc2ccccc12)C(C)C. The lowest BCUT2D eigenvalue weighted by molar-refractivity contribution is 0.377. The van der Waals surface area contributed by atoms with E-state index in [2.05, 4.69) is 55.7 Å². The van der Waals surface area contributed by atoms with Crippen LogP contribution < -0.4 is 5.32 Å². The zero-order chi connectivity index (χ0) is 13.7. The smallest absolute Gasteiger partial charge is 0.0345 e. The Morgan fingerprint density at radius 1 is 1.21 bits per heavy atom. The fraction of sp³-hybridized carbons (Fsp3) is 0.529. The van der Waals surface area contributed by atoms with Crippen LogP contribution in [0.3, 0.4) is 0 Å². The molecule has 1 N–H and O–H groups in total. The quantitative estimate of drug-likeness (QED) is 0.761. The van der Waals surface area contributed by atoms with Gasteiger partial charge in [-0.1, -0.05) is 39.0 Å². The lowest BCUT2D eigenvalue weighted by Crippen LogP contribution is -2.33. The number of hydrogen-bond acceptors (Lipinski definition) is 2. The Labute approximate surface area is 121 Å². The second-order valence-corrected chi connectivity index (χ2v) is 6.47. The second kappa shape index (κ2) is 7.06. The first-order valence-electron chi connectivity index (χ1n) is 7.41. The van der Waals surface area contributed by atoms with Crippen LogP contribution in [0.2, 0.25) is 0 Å². The van der Waals surface area contributed by atoms with Gasteiger partial charge in [-0.3, -0.25) is 0 Å². The summed E-state index contributed by atoms with van der Waals surface area (Å²) >= 11 is 1.87.